The van der Waals surface area contributed by atoms with Gasteiger partial charge < -0.3 is 14.7 Å². The van der Waals surface area contributed by atoms with E-state index >= 15 is 0 Å². The van der Waals surface area contributed by atoms with Crippen molar-refractivity contribution in [2.45, 2.75) is 19.9 Å². The Bertz CT molecular complexity index is 392. The zero-order chi connectivity index (χ0) is 13.5. The van der Waals surface area contributed by atoms with Crippen LogP contribution in [-0.2, 0) is 11.3 Å². The number of methoxy groups -OCH3 is 1. The molecule has 1 atom stereocenters. The van der Waals surface area contributed by atoms with Gasteiger partial charge >= 0.3 is 5.97 Å². The van der Waals surface area contributed by atoms with Gasteiger partial charge in [-0.05, 0) is 37.7 Å². The molecule has 100 valence electrons. The Morgan fingerprint density at radius 2 is 2.22 bits per heavy atom. The van der Waals surface area contributed by atoms with Crippen molar-refractivity contribution >= 4 is 5.97 Å². The fourth-order valence-electron chi connectivity index (χ4n) is 1.70. The monoisotopic (exact) mass is 251 g/mol. The predicted octanol–water partition coefficient (Wildman–Crippen LogP) is 2.24. The summed E-state index contributed by atoms with van der Waals surface area (Å²) in [4.78, 5) is 12.8. The molecule has 0 saturated heterocycles. The van der Waals surface area contributed by atoms with Crippen LogP contribution in [0.3, 0.4) is 0 Å². The highest BCUT2D eigenvalue weighted by Gasteiger charge is 2.11. The number of hydrogen-bond donors (Lipinski definition) is 1. The SMILES string of the molecule is COc1cccc(CN(C)CCC(C)C(=O)O)c1. The van der Waals surface area contributed by atoms with E-state index in [9.17, 15) is 4.79 Å². The Balaban J connectivity index is 2.44. The summed E-state index contributed by atoms with van der Waals surface area (Å²) in [5, 5.41) is 8.82. The highest BCUT2D eigenvalue weighted by Crippen LogP contribution is 2.14. The quantitative estimate of drug-likeness (QED) is 0.807. The van der Waals surface area contributed by atoms with Crippen LogP contribution in [0.4, 0.5) is 0 Å². The third kappa shape index (κ3) is 4.75. The molecule has 0 spiro atoms. The maximum absolute atomic E-state index is 10.7. The Hall–Kier alpha value is -1.55. The summed E-state index contributed by atoms with van der Waals surface area (Å²) >= 11 is 0. The topological polar surface area (TPSA) is 49.8 Å². The minimum atomic E-state index is -0.732. The lowest BCUT2D eigenvalue weighted by molar-refractivity contribution is -0.141. The summed E-state index contributed by atoms with van der Waals surface area (Å²) < 4.78 is 5.17. The van der Waals surface area contributed by atoms with Crippen molar-refractivity contribution in [1.29, 1.82) is 0 Å². The number of ether oxygens (including phenoxy) is 1. The van der Waals surface area contributed by atoms with E-state index in [0.717, 1.165) is 18.8 Å². The molecule has 1 rings (SSSR count). The average molecular weight is 251 g/mol. The molecule has 4 nitrogen and oxygen atoms in total. The highest BCUT2D eigenvalue weighted by molar-refractivity contribution is 5.69. The molecule has 0 aromatic heterocycles. The molecule has 0 saturated carbocycles. The van der Waals surface area contributed by atoms with E-state index in [-0.39, 0.29) is 5.92 Å². The first kappa shape index (κ1) is 14.5. The van der Waals surface area contributed by atoms with Crippen LogP contribution in [0.5, 0.6) is 5.75 Å². The van der Waals surface area contributed by atoms with Crippen LogP contribution in [0.2, 0.25) is 0 Å². The Morgan fingerprint density at radius 1 is 1.50 bits per heavy atom. The third-order valence-electron chi connectivity index (χ3n) is 2.95. The second-order valence-corrected chi connectivity index (χ2v) is 4.62. The predicted molar refractivity (Wildman–Crippen MR) is 70.7 cm³/mol. The Kier molecular flexibility index (Phi) is 5.65. The van der Waals surface area contributed by atoms with E-state index in [1.54, 1.807) is 14.0 Å². The van der Waals surface area contributed by atoms with Crippen LogP contribution < -0.4 is 4.74 Å². The lowest BCUT2D eigenvalue weighted by atomic mass is 10.1. The fourth-order valence-corrected chi connectivity index (χ4v) is 1.70. The van der Waals surface area contributed by atoms with Crippen molar-refractivity contribution in [1.82, 2.24) is 4.90 Å². The number of carboxylic acids is 1. The molecule has 0 aliphatic heterocycles. The number of aliphatic carboxylic acids is 1. The summed E-state index contributed by atoms with van der Waals surface area (Å²) in [6.07, 6.45) is 0.663. The normalized spacial score (nSPS) is 12.4. The van der Waals surface area contributed by atoms with Gasteiger partial charge in [0, 0.05) is 6.54 Å². The van der Waals surface area contributed by atoms with Gasteiger partial charge in [0.25, 0.3) is 0 Å². The van der Waals surface area contributed by atoms with Crippen LogP contribution >= 0.6 is 0 Å². The van der Waals surface area contributed by atoms with Gasteiger partial charge in [-0.25, -0.2) is 0 Å². The second-order valence-electron chi connectivity index (χ2n) is 4.62. The van der Waals surface area contributed by atoms with Crippen molar-refractivity contribution < 1.29 is 14.6 Å². The van der Waals surface area contributed by atoms with Gasteiger partial charge in [-0.15, -0.1) is 0 Å². The largest absolute Gasteiger partial charge is 0.497 e. The Morgan fingerprint density at radius 3 is 2.83 bits per heavy atom. The van der Waals surface area contributed by atoms with Gasteiger partial charge in [0.2, 0.25) is 0 Å². The molecule has 18 heavy (non-hydrogen) atoms. The first-order chi connectivity index (χ1) is 8.52. The zero-order valence-corrected chi connectivity index (χ0v) is 11.2. The third-order valence-corrected chi connectivity index (χ3v) is 2.95. The molecule has 0 radical (unpaired) electrons. The number of carbonyl (C=O) groups is 1. The molecule has 1 aromatic rings. The van der Waals surface area contributed by atoms with E-state index in [1.165, 1.54) is 5.56 Å². The van der Waals surface area contributed by atoms with E-state index in [0.29, 0.717) is 6.42 Å². The second kappa shape index (κ2) is 7.01. The van der Waals surface area contributed by atoms with Crippen molar-refractivity contribution in [2.24, 2.45) is 5.92 Å². The molecule has 0 fully saturated rings. The summed E-state index contributed by atoms with van der Waals surface area (Å²) in [7, 11) is 3.64. The van der Waals surface area contributed by atoms with Gasteiger partial charge in [0.05, 0.1) is 13.0 Å². The molecule has 4 heteroatoms. The number of benzene rings is 1. The smallest absolute Gasteiger partial charge is 0.306 e. The van der Waals surface area contributed by atoms with Gasteiger partial charge in [-0.3, -0.25) is 4.79 Å². The molecule has 0 heterocycles. The lowest BCUT2D eigenvalue weighted by Gasteiger charge is -2.18. The van der Waals surface area contributed by atoms with Crippen LogP contribution in [0.1, 0.15) is 18.9 Å². The molecule has 0 bridgehead atoms. The average Bonchev–Trinajstić information content (AvgIpc) is 2.36. The number of nitrogens with zero attached hydrogens (tertiary/aromatic N) is 1. The van der Waals surface area contributed by atoms with E-state index in [1.807, 2.05) is 31.3 Å². The van der Waals surface area contributed by atoms with Gasteiger partial charge in [-0.2, -0.15) is 0 Å². The fraction of sp³-hybridized carbons (Fsp3) is 0.500. The summed E-state index contributed by atoms with van der Waals surface area (Å²) in [6, 6.07) is 7.91. The molecule has 0 aliphatic carbocycles. The Labute approximate surface area is 108 Å². The molecule has 1 unspecified atom stereocenters. The van der Waals surface area contributed by atoms with Crippen LogP contribution in [0, 0.1) is 5.92 Å². The first-order valence-corrected chi connectivity index (χ1v) is 6.07. The zero-order valence-electron chi connectivity index (χ0n) is 11.2. The molecule has 1 N–H and O–H groups in total. The summed E-state index contributed by atoms with van der Waals surface area (Å²) in [5.41, 5.74) is 1.17. The number of hydrogen-bond acceptors (Lipinski definition) is 3. The van der Waals surface area contributed by atoms with E-state index in [4.69, 9.17) is 9.84 Å². The minimum Gasteiger partial charge on any atom is -0.497 e. The lowest BCUT2D eigenvalue weighted by Crippen LogP contribution is -2.23. The maximum atomic E-state index is 10.7. The highest BCUT2D eigenvalue weighted by atomic mass is 16.5. The van der Waals surface area contributed by atoms with Crippen LogP contribution in [-0.4, -0.2) is 36.7 Å². The van der Waals surface area contributed by atoms with Crippen LogP contribution in [0.15, 0.2) is 24.3 Å². The van der Waals surface area contributed by atoms with Gasteiger partial charge in [0.15, 0.2) is 0 Å². The molecular weight excluding hydrogens is 230 g/mol. The van der Waals surface area contributed by atoms with Crippen molar-refractivity contribution in [3.05, 3.63) is 29.8 Å². The molecule has 1 aromatic carbocycles. The molecular formula is C14H21NO3. The van der Waals surface area contributed by atoms with Crippen LogP contribution in [0.25, 0.3) is 0 Å². The molecule has 0 aliphatic rings. The van der Waals surface area contributed by atoms with E-state index in [2.05, 4.69) is 4.90 Å². The van der Waals surface area contributed by atoms with Crippen molar-refractivity contribution in [2.75, 3.05) is 20.7 Å². The standard InChI is InChI=1S/C14H21NO3/c1-11(14(16)17)7-8-15(2)10-12-5-4-6-13(9-12)18-3/h4-6,9,11H,7-8,10H2,1-3H3,(H,16,17). The minimum absolute atomic E-state index is 0.294. The first-order valence-electron chi connectivity index (χ1n) is 6.07. The number of rotatable bonds is 7. The summed E-state index contributed by atoms with van der Waals surface area (Å²) in [5.74, 6) is -0.178. The van der Waals surface area contributed by atoms with Crippen molar-refractivity contribution in [3.8, 4) is 5.75 Å². The summed E-state index contributed by atoms with van der Waals surface area (Å²) in [6.45, 7) is 3.30. The van der Waals surface area contributed by atoms with E-state index < -0.39 is 5.97 Å². The molecule has 0 amide bonds. The van der Waals surface area contributed by atoms with Gasteiger partial charge in [0.1, 0.15) is 5.75 Å². The number of carboxylic acid groups (broad SMARTS) is 1. The van der Waals surface area contributed by atoms with Gasteiger partial charge in [-0.1, -0.05) is 19.1 Å². The maximum Gasteiger partial charge on any atom is 0.306 e. The van der Waals surface area contributed by atoms with Crippen molar-refractivity contribution in [3.63, 3.8) is 0 Å².